The first-order valence-electron chi connectivity index (χ1n) is 8.83. The van der Waals surface area contributed by atoms with E-state index in [-0.39, 0.29) is 0 Å². The number of rotatable bonds is 10. The van der Waals surface area contributed by atoms with Gasteiger partial charge in [0, 0.05) is 11.9 Å². The van der Waals surface area contributed by atoms with Crippen LogP contribution in [0.4, 0.5) is 0 Å². The van der Waals surface area contributed by atoms with Crippen LogP contribution in [-0.4, -0.2) is 20.9 Å². The average Bonchev–Trinajstić information content (AvgIpc) is 3.14. The Bertz CT molecular complexity index is 731. The largest absolute Gasteiger partial charge is 0.410 e. The highest BCUT2D eigenvalue weighted by atomic mass is 32.2. The van der Waals surface area contributed by atoms with Gasteiger partial charge in [-0.15, -0.1) is 10.2 Å². The van der Waals surface area contributed by atoms with Crippen molar-refractivity contribution >= 4 is 11.8 Å². The number of unbranched alkanes of at least 4 members (excludes halogenated alkanes) is 4. The fourth-order valence-corrected chi connectivity index (χ4v) is 3.39. The van der Waals surface area contributed by atoms with E-state index < -0.39 is 0 Å². The number of hydrogen-bond donors (Lipinski definition) is 0. The maximum Gasteiger partial charge on any atom is 0.276 e. The van der Waals surface area contributed by atoms with Crippen LogP contribution in [0.1, 0.15) is 37.7 Å². The van der Waals surface area contributed by atoms with Crippen molar-refractivity contribution in [3.8, 4) is 11.6 Å². The summed E-state index contributed by atoms with van der Waals surface area (Å²) in [6.07, 6.45) is 9.20. The first-order valence-corrected chi connectivity index (χ1v) is 9.82. The van der Waals surface area contributed by atoms with Crippen LogP contribution in [0.15, 0.2) is 64.4 Å². The van der Waals surface area contributed by atoms with Gasteiger partial charge in [0.05, 0.1) is 0 Å². The molecule has 0 unspecified atom stereocenters. The summed E-state index contributed by atoms with van der Waals surface area (Å²) < 4.78 is 5.64. The van der Waals surface area contributed by atoms with Crippen molar-refractivity contribution in [2.24, 2.45) is 0 Å². The Balaban J connectivity index is 1.26. The van der Waals surface area contributed by atoms with Gasteiger partial charge in [-0.25, -0.2) is 0 Å². The van der Waals surface area contributed by atoms with Crippen LogP contribution in [0, 0.1) is 0 Å². The van der Waals surface area contributed by atoms with Gasteiger partial charge in [-0.2, -0.15) is 0 Å². The maximum atomic E-state index is 5.64. The normalized spacial score (nSPS) is 10.9. The summed E-state index contributed by atoms with van der Waals surface area (Å²) in [4.78, 5) is 4.22. The number of nitrogens with zero attached hydrogens (tertiary/aromatic N) is 3. The number of thioether (sulfide) groups is 1. The van der Waals surface area contributed by atoms with Crippen molar-refractivity contribution < 1.29 is 4.42 Å². The highest BCUT2D eigenvalue weighted by Gasteiger charge is 2.09. The number of benzene rings is 1. The van der Waals surface area contributed by atoms with Crippen LogP contribution in [-0.2, 0) is 6.42 Å². The molecule has 25 heavy (non-hydrogen) atoms. The SMILES string of the molecule is c1ccc(CCCCCCCSc2nnc(-c3ccccn3)o2)cc1. The van der Waals surface area contributed by atoms with E-state index in [1.807, 2.05) is 18.2 Å². The molecule has 0 atom stereocenters. The summed E-state index contributed by atoms with van der Waals surface area (Å²) >= 11 is 1.63. The van der Waals surface area contributed by atoms with E-state index in [1.165, 1.54) is 44.1 Å². The quantitative estimate of drug-likeness (QED) is 0.360. The van der Waals surface area contributed by atoms with Crippen molar-refractivity contribution in [1.29, 1.82) is 0 Å². The smallest absolute Gasteiger partial charge is 0.276 e. The lowest BCUT2D eigenvalue weighted by atomic mass is 10.1. The number of aromatic nitrogens is 3. The number of pyridine rings is 1. The van der Waals surface area contributed by atoms with Gasteiger partial charge in [-0.05, 0) is 37.0 Å². The van der Waals surface area contributed by atoms with E-state index in [4.69, 9.17) is 4.42 Å². The Labute approximate surface area is 153 Å². The standard InChI is InChI=1S/C20H23N3OS/c1(2-5-11-17-12-6-4-7-13-17)3-10-16-25-20-23-22-19(24-20)18-14-8-9-15-21-18/h4,6-9,12-15H,1-3,5,10-11,16H2. The summed E-state index contributed by atoms with van der Waals surface area (Å²) in [6.45, 7) is 0. The molecule has 0 saturated carbocycles. The second-order valence-electron chi connectivity index (χ2n) is 5.94. The van der Waals surface area contributed by atoms with Crippen molar-refractivity contribution in [2.75, 3.05) is 5.75 Å². The molecule has 0 aliphatic rings. The van der Waals surface area contributed by atoms with Gasteiger partial charge in [-0.3, -0.25) is 4.98 Å². The molecule has 0 aliphatic heterocycles. The molecule has 130 valence electrons. The van der Waals surface area contributed by atoms with E-state index in [1.54, 1.807) is 18.0 Å². The van der Waals surface area contributed by atoms with Gasteiger partial charge in [0.25, 0.3) is 11.1 Å². The topological polar surface area (TPSA) is 51.8 Å². The average molecular weight is 353 g/mol. The van der Waals surface area contributed by atoms with E-state index in [9.17, 15) is 0 Å². The molecule has 3 aromatic rings. The van der Waals surface area contributed by atoms with Gasteiger partial charge in [0.2, 0.25) is 0 Å². The third kappa shape index (κ3) is 6.02. The van der Waals surface area contributed by atoms with Gasteiger partial charge in [-0.1, -0.05) is 67.4 Å². The zero-order chi connectivity index (χ0) is 17.2. The highest BCUT2D eigenvalue weighted by molar-refractivity contribution is 7.99. The fourth-order valence-electron chi connectivity index (χ4n) is 2.63. The fraction of sp³-hybridized carbons (Fsp3) is 0.350. The van der Waals surface area contributed by atoms with Crippen molar-refractivity contribution in [1.82, 2.24) is 15.2 Å². The molecule has 0 spiro atoms. The summed E-state index contributed by atoms with van der Waals surface area (Å²) in [5.74, 6) is 1.51. The van der Waals surface area contributed by atoms with Crippen LogP contribution in [0.3, 0.4) is 0 Å². The Morgan fingerprint density at radius 3 is 2.44 bits per heavy atom. The number of aryl methyl sites for hydroxylation is 1. The Kier molecular flexibility index (Phi) is 7.06. The Hall–Kier alpha value is -2.14. The van der Waals surface area contributed by atoms with Gasteiger partial charge in [0.1, 0.15) is 5.69 Å². The summed E-state index contributed by atoms with van der Waals surface area (Å²) in [5.41, 5.74) is 2.17. The molecule has 0 saturated heterocycles. The third-order valence-electron chi connectivity index (χ3n) is 3.97. The second-order valence-corrected chi connectivity index (χ2v) is 6.99. The van der Waals surface area contributed by atoms with Gasteiger partial charge >= 0.3 is 0 Å². The molecule has 4 nitrogen and oxygen atoms in total. The first-order chi connectivity index (χ1) is 12.4. The van der Waals surface area contributed by atoms with Crippen molar-refractivity contribution in [2.45, 2.75) is 43.7 Å². The van der Waals surface area contributed by atoms with Crippen molar-refractivity contribution in [3.63, 3.8) is 0 Å². The maximum absolute atomic E-state index is 5.64. The molecule has 0 amide bonds. The monoisotopic (exact) mass is 353 g/mol. The molecule has 0 aliphatic carbocycles. The Morgan fingerprint density at radius 1 is 0.800 bits per heavy atom. The van der Waals surface area contributed by atoms with Crippen LogP contribution in [0.5, 0.6) is 0 Å². The third-order valence-corrected chi connectivity index (χ3v) is 4.87. The van der Waals surface area contributed by atoms with Crippen LogP contribution >= 0.6 is 11.8 Å². The minimum atomic E-state index is 0.490. The van der Waals surface area contributed by atoms with Crippen LogP contribution < -0.4 is 0 Å². The molecular weight excluding hydrogens is 330 g/mol. The van der Waals surface area contributed by atoms with E-state index in [2.05, 4.69) is 45.5 Å². The molecule has 3 rings (SSSR count). The van der Waals surface area contributed by atoms with E-state index >= 15 is 0 Å². The molecule has 1 aromatic carbocycles. The minimum Gasteiger partial charge on any atom is -0.410 e. The molecule has 2 heterocycles. The first kappa shape index (κ1) is 17.7. The highest BCUT2D eigenvalue weighted by Crippen LogP contribution is 2.22. The lowest BCUT2D eigenvalue weighted by Crippen LogP contribution is -1.86. The molecule has 0 fully saturated rings. The van der Waals surface area contributed by atoms with Gasteiger partial charge in [0.15, 0.2) is 0 Å². The summed E-state index contributed by atoms with van der Waals surface area (Å²) in [5, 5.41) is 8.76. The number of hydrogen-bond acceptors (Lipinski definition) is 5. The molecule has 0 N–H and O–H groups in total. The second kappa shape index (κ2) is 9.99. The Morgan fingerprint density at radius 2 is 1.60 bits per heavy atom. The zero-order valence-corrected chi connectivity index (χ0v) is 15.1. The van der Waals surface area contributed by atoms with Crippen LogP contribution in [0.25, 0.3) is 11.6 Å². The lowest BCUT2D eigenvalue weighted by molar-refractivity contribution is 0.464. The molecule has 2 aromatic heterocycles. The van der Waals surface area contributed by atoms with Crippen LogP contribution in [0.2, 0.25) is 0 Å². The molecular formula is C20H23N3OS. The summed E-state index contributed by atoms with van der Waals surface area (Å²) in [6, 6.07) is 16.4. The minimum absolute atomic E-state index is 0.490. The predicted octanol–water partition coefficient (Wildman–Crippen LogP) is 5.42. The zero-order valence-electron chi connectivity index (χ0n) is 14.3. The van der Waals surface area contributed by atoms with Crippen molar-refractivity contribution in [3.05, 3.63) is 60.3 Å². The summed E-state index contributed by atoms with van der Waals surface area (Å²) in [7, 11) is 0. The molecule has 5 heteroatoms. The predicted molar refractivity (Wildman–Crippen MR) is 101 cm³/mol. The lowest BCUT2D eigenvalue weighted by Gasteiger charge is -2.02. The molecule has 0 bridgehead atoms. The van der Waals surface area contributed by atoms with E-state index in [0.717, 1.165) is 11.4 Å². The molecule has 0 radical (unpaired) electrons. The van der Waals surface area contributed by atoms with Gasteiger partial charge < -0.3 is 4.42 Å². The van der Waals surface area contributed by atoms with E-state index in [0.29, 0.717) is 11.1 Å².